The number of ketones is 1. The van der Waals surface area contributed by atoms with E-state index in [0.29, 0.717) is 12.0 Å². The Morgan fingerprint density at radius 3 is 2.29 bits per heavy atom. The van der Waals surface area contributed by atoms with Crippen LogP contribution in [0.15, 0.2) is 18.2 Å². The first kappa shape index (κ1) is 13.5. The number of Topliss-reactive ketones (excluding diaryl/α,β-unsaturated/α-hetero) is 1. The zero-order chi connectivity index (χ0) is 14.6. The molecule has 21 heavy (non-hydrogen) atoms. The van der Waals surface area contributed by atoms with Crippen LogP contribution in [0.3, 0.4) is 0 Å². The molecule has 0 aliphatic heterocycles. The van der Waals surface area contributed by atoms with Gasteiger partial charge < -0.3 is 0 Å². The summed E-state index contributed by atoms with van der Waals surface area (Å²) in [5.74, 6) is 2.19. The summed E-state index contributed by atoms with van der Waals surface area (Å²) in [6, 6.07) is 4.89. The van der Waals surface area contributed by atoms with Crippen LogP contribution in [0.1, 0.15) is 60.9 Å². The Labute approximate surface area is 125 Å². The molecule has 4 saturated carbocycles. The fourth-order valence-electron chi connectivity index (χ4n) is 5.80. The van der Waals surface area contributed by atoms with Gasteiger partial charge in [-0.3, -0.25) is 4.79 Å². The second kappa shape index (κ2) is 4.66. The minimum atomic E-state index is -0.352. The van der Waals surface area contributed by atoms with E-state index in [1.54, 1.807) is 12.1 Å². The summed E-state index contributed by atoms with van der Waals surface area (Å²) in [6.07, 6.45) is 8.33. The van der Waals surface area contributed by atoms with Crippen molar-refractivity contribution in [1.29, 1.82) is 0 Å². The van der Waals surface area contributed by atoms with E-state index in [-0.39, 0.29) is 17.0 Å². The summed E-state index contributed by atoms with van der Waals surface area (Å²) in [5.41, 5.74) is 1.47. The van der Waals surface area contributed by atoms with Crippen LogP contribution in [-0.2, 0) is 0 Å². The zero-order valence-corrected chi connectivity index (χ0v) is 12.7. The van der Waals surface area contributed by atoms with Crippen LogP contribution in [0.4, 0.5) is 4.39 Å². The monoisotopic (exact) mass is 286 g/mol. The average molecular weight is 286 g/mol. The van der Waals surface area contributed by atoms with Crippen molar-refractivity contribution in [3.8, 4) is 0 Å². The van der Waals surface area contributed by atoms with Crippen molar-refractivity contribution in [2.75, 3.05) is 0 Å². The van der Waals surface area contributed by atoms with Gasteiger partial charge in [-0.1, -0.05) is 11.6 Å². The fraction of sp³-hybridized carbons (Fsp3) is 0.632. The van der Waals surface area contributed by atoms with Crippen LogP contribution < -0.4 is 0 Å². The van der Waals surface area contributed by atoms with Gasteiger partial charge in [0, 0.05) is 6.42 Å². The topological polar surface area (TPSA) is 17.1 Å². The molecule has 0 atom stereocenters. The molecule has 5 rings (SSSR count). The van der Waals surface area contributed by atoms with Crippen molar-refractivity contribution >= 4 is 5.78 Å². The van der Waals surface area contributed by atoms with Crippen LogP contribution in [0.25, 0.3) is 0 Å². The minimum Gasteiger partial charge on any atom is -0.294 e. The summed E-state index contributed by atoms with van der Waals surface area (Å²) in [5, 5.41) is 0. The Balaban J connectivity index is 1.58. The summed E-state index contributed by atoms with van der Waals surface area (Å²) in [7, 11) is 0. The molecule has 0 saturated heterocycles. The molecule has 1 aromatic carbocycles. The minimum absolute atomic E-state index is 0.0261. The number of carbonyl (C=O) groups is 1. The Kier molecular flexibility index (Phi) is 2.99. The highest BCUT2D eigenvalue weighted by atomic mass is 19.1. The van der Waals surface area contributed by atoms with Gasteiger partial charge in [-0.05, 0) is 80.8 Å². The van der Waals surface area contributed by atoms with E-state index < -0.39 is 0 Å². The Morgan fingerprint density at radius 1 is 1.14 bits per heavy atom. The smallest absolute Gasteiger partial charge is 0.166 e. The van der Waals surface area contributed by atoms with Gasteiger partial charge in [0.1, 0.15) is 5.82 Å². The van der Waals surface area contributed by atoms with Gasteiger partial charge >= 0.3 is 0 Å². The van der Waals surface area contributed by atoms with Crippen LogP contribution in [0.2, 0.25) is 0 Å². The second-order valence-electron chi connectivity index (χ2n) is 8.00. The van der Waals surface area contributed by atoms with E-state index in [2.05, 4.69) is 0 Å². The number of hydrogen-bond acceptors (Lipinski definition) is 1. The quantitative estimate of drug-likeness (QED) is 0.720. The molecule has 0 radical (unpaired) electrons. The highest BCUT2D eigenvalue weighted by Gasteiger charge is 2.51. The number of rotatable bonds is 3. The van der Waals surface area contributed by atoms with Crippen molar-refractivity contribution in [1.82, 2.24) is 0 Å². The molecule has 1 nitrogen and oxygen atoms in total. The third kappa shape index (κ3) is 2.33. The van der Waals surface area contributed by atoms with E-state index in [1.807, 2.05) is 6.92 Å². The summed E-state index contributed by atoms with van der Waals surface area (Å²) in [6.45, 7) is 1.92. The largest absolute Gasteiger partial charge is 0.294 e. The van der Waals surface area contributed by atoms with Crippen molar-refractivity contribution < 1.29 is 9.18 Å². The third-order valence-electron chi connectivity index (χ3n) is 6.12. The maximum absolute atomic E-state index is 14.0. The molecule has 4 aliphatic carbocycles. The highest BCUT2D eigenvalue weighted by Crippen LogP contribution is 2.61. The molecule has 0 spiro atoms. The number of hydrogen-bond donors (Lipinski definition) is 0. The second-order valence-corrected chi connectivity index (χ2v) is 8.00. The number of benzene rings is 1. The fourth-order valence-corrected chi connectivity index (χ4v) is 5.80. The third-order valence-corrected chi connectivity index (χ3v) is 6.12. The molecule has 0 unspecified atom stereocenters. The maximum Gasteiger partial charge on any atom is 0.166 e. The molecular weight excluding hydrogens is 263 g/mol. The van der Waals surface area contributed by atoms with Crippen LogP contribution in [0, 0.1) is 35.9 Å². The first-order chi connectivity index (χ1) is 10.0. The molecule has 0 aromatic heterocycles. The van der Waals surface area contributed by atoms with Crippen molar-refractivity contribution in [2.24, 2.45) is 23.2 Å². The van der Waals surface area contributed by atoms with E-state index in [0.717, 1.165) is 23.3 Å². The molecule has 0 amide bonds. The Bertz CT molecular complexity index is 554. The summed E-state index contributed by atoms with van der Waals surface area (Å²) < 4.78 is 14.0. The van der Waals surface area contributed by atoms with Gasteiger partial charge in [0.05, 0.1) is 5.56 Å². The maximum atomic E-state index is 14.0. The lowest BCUT2D eigenvalue weighted by atomic mass is 9.48. The number of halogens is 1. The number of aryl methyl sites for hydroxylation is 1. The van der Waals surface area contributed by atoms with Gasteiger partial charge in [0.2, 0.25) is 0 Å². The van der Waals surface area contributed by atoms with Crippen LogP contribution in [0.5, 0.6) is 0 Å². The van der Waals surface area contributed by atoms with Gasteiger partial charge in [-0.15, -0.1) is 0 Å². The highest BCUT2D eigenvalue weighted by molar-refractivity contribution is 5.97. The first-order valence-corrected chi connectivity index (χ1v) is 8.32. The lowest BCUT2D eigenvalue weighted by Gasteiger charge is -2.56. The van der Waals surface area contributed by atoms with Gasteiger partial charge in [0.25, 0.3) is 0 Å². The first-order valence-electron chi connectivity index (χ1n) is 8.32. The van der Waals surface area contributed by atoms with E-state index in [1.165, 1.54) is 44.6 Å². The predicted octanol–water partition coefficient (Wildman–Crippen LogP) is 4.92. The van der Waals surface area contributed by atoms with Crippen molar-refractivity contribution in [2.45, 2.75) is 51.9 Å². The molecule has 2 heteroatoms. The predicted molar refractivity (Wildman–Crippen MR) is 80.7 cm³/mol. The van der Waals surface area contributed by atoms with Gasteiger partial charge in [-0.25, -0.2) is 4.39 Å². The molecule has 1 aromatic rings. The van der Waals surface area contributed by atoms with E-state index >= 15 is 0 Å². The normalized spacial score (nSPS) is 37.0. The lowest BCUT2D eigenvalue weighted by Crippen LogP contribution is -2.46. The van der Waals surface area contributed by atoms with E-state index in [4.69, 9.17) is 0 Å². The molecule has 4 aliphatic rings. The van der Waals surface area contributed by atoms with Gasteiger partial charge in [-0.2, -0.15) is 0 Å². The molecular formula is C19H23FO. The van der Waals surface area contributed by atoms with Gasteiger partial charge in [0.15, 0.2) is 5.78 Å². The Morgan fingerprint density at radius 2 is 1.71 bits per heavy atom. The molecule has 0 N–H and O–H groups in total. The molecule has 4 bridgehead atoms. The van der Waals surface area contributed by atoms with Crippen molar-refractivity contribution in [3.05, 3.63) is 35.1 Å². The van der Waals surface area contributed by atoms with Crippen molar-refractivity contribution in [3.63, 3.8) is 0 Å². The molecule has 0 heterocycles. The standard InChI is InChI=1S/C19H23FO/c1-12-2-3-17(20)16(4-12)18(21)11-19-8-13-5-14(9-19)7-15(6-13)10-19/h2-4,13-15H,5-11H2,1H3. The molecule has 112 valence electrons. The average Bonchev–Trinajstić information content (AvgIpc) is 2.39. The summed E-state index contributed by atoms with van der Waals surface area (Å²) in [4.78, 5) is 12.7. The summed E-state index contributed by atoms with van der Waals surface area (Å²) >= 11 is 0. The SMILES string of the molecule is Cc1ccc(F)c(C(=O)CC23CC4CC(CC(C4)C2)C3)c1. The lowest BCUT2D eigenvalue weighted by molar-refractivity contribution is -0.0524. The van der Waals surface area contributed by atoms with Crippen LogP contribution >= 0.6 is 0 Å². The molecule has 4 fully saturated rings. The van der Waals surface area contributed by atoms with Crippen LogP contribution in [-0.4, -0.2) is 5.78 Å². The van der Waals surface area contributed by atoms with E-state index in [9.17, 15) is 9.18 Å². The zero-order valence-electron chi connectivity index (χ0n) is 12.7. The Hall–Kier alpha value is -1.18. The number of carbonyl (C=O) groups excluding carboxylic acids is 1.